The van der Waals surface area contributed by atoms with E-state index < -0.39 is 17.6 Å². The van der Waals surface area contributed by atoms with Gasteiger partial charge in [0.05, 0.1) is 5.69 Å². The second-order valence-corrected chi connectivity index (χ2v) is 5.48. The summed E-state index contributed by atoms with van der Waals surface area (Å²) in [7, 11) is 0. The third kappa shape index (κ3) is 2.22. The summed E-state index contributed by atoms with van der Waals surface area (Å²) in [6, 6.07) is 0. The summed E-state index contributed by atoms with van der Waals surface area (Å²) in [6.45, 7) is 0.642. The van der Waals surface area contributed by atoms with Crippen LogP contribution in [-0.4, -0.2) is 22.6 Å². The van der Waals surface area contributed by atoms with Crippen LogP contribution in [0.4, 0.5) is 18.3 Å². The van der Waals surface area contributed by atoms with Gasteiger partial charge in [0.25, 0.3) is 5.91 Å². The fourth-order valence-corrected chi connectivity index (χ4v) is 2.64. The number of fused-ring (bicyclic) bond motifs is 1. The molecule has 0 saturated heterocycles. The summed E-state index contributed by atoms with van der Waals surface area (Å²) in [4.78, 5) is 16.6. The molecule has 0 radical (unpaired) electrons. The normalized spacial score (nSPS) is 18.3. The average Bonchev–Trinajstić information content (AvgIpc) is 2.75. The molecule has 100 valence electrons. The Morgan fingerprint density at radius 1 is 1.44 bits per heavy atom. The van der Waals surface area contributed by atoms with Crippen LogP contribution in [0, 0.1) is 0 Å². The molecule has 1 unspecified atom stereocenters. The Kier molecular flexibility index (Phi) is 3.10. The Morgan fingerprint density at radius 3 is 2.67 bits per heavy atom. The van der Waals surface area contributed by atoms with E-state index >= 15 is 0 Å². The number of nitrogens with two attached hydrogens (primary N) is 1. The first-order valence-electron chi connectivity index (χ1n) is 5.37. The molecule has 4 nitrogen and oxygen atoms in total. The molecule has 0 bridgehead atoms. The number of hydrogen-bond donors (Lipinski definition) is 2. The zero-order valence-electron chi connectivity index (χ0n) is 9.60. The molecule has 1 aromatic rings. The summed E-state index contributed by atoms with van der Waals surface area (Å²) in [5.41, 5.74) is 2.96. The van der Waals surface area contributed by atoms with E-state index in [9.17, 15) is 18.0 Å². The van der Waals surface area contributed by atoms with Crippen molar-refractivity contribution in [2.24, 2.45) is 5.73 Å². The standard InChI is InChI=1S/C10H12F3N3OS/c1-9(14,10(11,12)13)7(17)16-8-15-5-3-2-4-6(5)18-8/h2-4,14H2,1H3,(H,15,16,17). The fraction of sp³-hybridized carbons (Fsp3) is 0.600. The van der Waals surface area contributed by atoms with E-state index in [4.69, 9.17) is 5.73 Å². The Morgan fingerprint density at radius 2 is 2.11 bits per heavy atom. The van der Waals surface area contributed by atoms with E-state index in [1.165, 1.54) is 11.3 Å². The minimum atomic E-state index is -4.79. The molecular formula is C10H12F3N3OS. The van der Waals surface area contributed by atoms with Gasteiger partial charge >= 0.3 is 6.18 Å². The lowest BCUT2D eigenvalue weighted by Gasteiger charge is -2.25. The predicted octanol–water partition coefficient (Wildman–Crippen LogP) is 1.85. The zero-order chi connectivity index (χ0) is 13.6. The van der Waals surface area contributed by atoms with Crippen LogP contribution in [0.2, 0.25) is 0 Å². The summed E-state index contributed by atoms with van der Waals surface area (Å²) in [6.07, 6.45) is -2.13. The molecule has 1 atom stereocenters. The quantitative estimate of drug-likeness (QED) is 0.868. The third-order valence-electron chi connectivity index (χ3n) is 2.88. The number of rotatable bonds is 2. The van der Waals surface area contributed by atoms with Gasteiger partial charge in [-0.15, -0.1) is 11.3 Å². The first kappa shape index (κ1) is 13.3. The van der Waals surface area contributed by atoms with Crippen molar-refractivity contribution in [3.63, 3.8) is 0 Å². The van der Waals surface area contributed by atoms with Crippen LogP contribution < -0.4 is 11.1 Å². The second kappa shape index (κ2) is 4.20. The van der Waals surface area contributed by atoms with Crippen LogP contribution in [0.15, 0.2) is 0 Å². The van der Waals surface area contributed by atoms with Gasteiger partial charge in [0.1, 0.15) is 0 Å². The molecular weight excluding hydrogens is 267 g/mol. The van der Waals surface area contributed by atoms with Gasteiger partial charge in [-0.05, 0) is 26.2 Å². The first-order valence-corrected chi connectivity index (χ1v) is 6.19. The minimum Gasteiger partial charge on any atom is -0.310 e. The smallest absolute Gasteiger partial charge is 0.310 e. The van der Waals surface area contributed by atoms with Gasteiger partial charge in [0, 0.05) is 4.88 Å². The van der Waals surface area contributed by atoms with Crippen LogP contribution in [0.5, 0.6) is 0 Å². The molecule has 0 saturated carbocycles. The zero-order valence-corrected chi connectivity index (χ0v) is 10.4. The summed E-state index contributed by atoms with van der Waals surface area (Å²) in [5, 5.41) is 2.33. The maximum atomic E-state index is 12.5. The van der Waals surface area contributed by atoms with Gasteiger partial charge in [-0.25, -0.2) is 4.98 Å². The van der Waals surface area contributed by atoms with Crippen molar-refractivity contribution in [2.75, 3.05) is 5.32 Å². The molecule has 1 amide bonds. The monoisotopic (exact) mass is 279 g/mol. The van der Waals surface area contributed by atoms with Crippen molar-refractivity contribution >= 4 is 22.4 Å². The van der Waals surface area contributed by atoms with Gasteiger partial charge < -0.3 is 11.1 Å². The van der Waals surface area contributed by atoms with Crippen molar-refractivity contribution in [3.8, 4) is 0 Å². The summed E-state index contributed by atoms with van der Waals surface area (Å²) >= 11 is 1.21. The van der Waals surface area contributed by atoms with Crippen molar-refractivity contribution in [1.82, 2.24) is 4.98 Å². The minimum absolute atomic E-state index is 0.186. The molecule has 1 heterocycles. The molecule has 0 aliphatic heterocycles. The van der Waals surface area contributed by atoms with Gasteiger partial charge in [-0.1, -0.05) is 0 Å². The second-order valence-electron chi connectivity index (χ2n) is 4.40. The molecule has 0 fully saturated rings. The number of aromatic nitrogens is 1. The number of anilines is 1. The largest absolute Gasteiger partial charge is 0.415 e. The summed E-state index contributed by atoms with van der Waals surface area (Å²) < 4.78 is 37.6. The van der Waals surface area contributed by atoms with E-state index in [-0.39, 0.29) is 5.13 Å². The molecule has 1 aliphatic carbocycles. The molecule has 0 spiro atoms. The lowest BCUT2D eigenvalue weighted by atomic mass is 10.0. The van der Waals surface area contributed by atoms with Crippen molar-refractivity contribution in [1.29, 1.82) is 0 Å². The van der Waals surface area contributed by atoms with Crippen LogP contribution in [-0.2, 0) is 17.6 Å². The highest BCUT2D eigenvalue weighted by atomic mass is 32.1. The Bertz CT molecular complexity index is 460. The maximum Gasteiger partial charge on any atom is 0.415 e. The van der Waals surface area contributed by atoms with Crippen molar-refractivity contribution in [3.05, 3.63) is 10.6 Å². The number of nitrogens with zero attached hydrogens (tertiary/aromatic N) is 1. The van der Waals surface area contributed by atoms with E-state index in [2.05, 4.69) is 10.3 Å². The highest BCUT2D eigenvalue weighted by Crippen LogP contribution is 2.32. The van der Waals surface area contributed by atoms with E-state index in [0.717, 1.165) is 29.8 Å². The van der Waals surface area contributed by atoms with Gasteiger partial charge in [0.2, 0.25) is 0 Å². The van der Waals surface area contributed by atoms with Crippen molar-refractivity contribution < 1.29 is 18.0 Å². The Labute approximate surface area is 105 Å². The van der Waals surface area contributed by atoms with Crippen LogP contribution in [0.25, 0.3) is 0 Å². The van der Waals surface area contributed by atoms with Gasteiger partial charge in [0.15, 0.2) is 10.7 Å². The third-order valence-corrected chi connectivity index (χ3v) is 3.95. The van der Waals surface area contributed by atoms with Gasteiger partial charge in [-0.2, -0.15) is 13.2 Å². The fourth-order valence-electron chi connectivity index (χ4n) is 1.60. The number of amides is 1. The first-order chi connectivity index (χ1) is 8.22. The number of thiazole rings is 1. The number of alkyl halides is 3. The molecule has 1 aliphatic rings. The molecule has 8 heteroatoms. The number of hydrogen-bond acceptors (Lipinski definition) is 4. The van der Waals surface area contributed by atoms with Crippen LogP contribution in [0.3, 0.4) is 0 Å². The maximum absolute atomic E-state index is 12.5. The highest BCUT2D eigenvalue weighted by Gasteiger charge is 2.54. The number of aryl methyl sites for hydroxylation is 2. The van der Waals surface area contributed by atoms with Crippen LogP contribution >= 0.6 is 11.3 Å². The van der Waals surface area contributed by atoms with Crippen LogP contribution in [0.1, 0.15) is 23.9 Å². The van der Waals surface area contributed by atoms with E-state index in [1.54, 1.807) is 0 Å². The SMILES string of the molecule is CC(N)(C(=O)Nc1nc2c(s1)CCC2)C(F)(F)F. The lowest BCUT2D eigenvalue weighted by Crippen LogP contribution is -2.59. The molecule has 3 N–H and O–H groups in total. The highest BCUT2D eigenvalue weighted by molar-refractivity contribution is 7.15. The lowest BCUT2D eigenvalue weighted by molar-refractivity contribution is -0.184. The van der Waals surface area contributed by atoms with E-state index in [1.807, 2.05) is 0 Å². The number of halogens is 3. The molecule has 1 aromatic heterocycles. The number of carbonyl (C=O) groups excluding carboxylic acids is 1. The topological polar surface area (TPSA) is 68.0 Å². The van der Waals surface area contributed by atoms with E-state index in [0.29, 0.717) is 6.92 Å². The Balaban J connectivity index is 2.12. The van der Waals surface area contributed by atoms with Crippen molar-refractivity contribution in [2.45, 2.75) is 37.9 Å². The predicted molar refractivity (Wildman–Crippen MR) is 61.4 cm³/mol. The Hall–Kier alpha value is -1.15. The van der Waals surface area contributed by atoms with Gasteiger partial charge in [-0.3, -0.25) is 4.79 Å². The molecule has 18 heavy (non-hydrogen) atoms. The molecule has 0 aromatic carbocycles. The summed E-state index contributed by atoms with van der Waals surface area (Å²) in [5.74, 6) is -1.29. The molecule has 2 rings (SSSR count). The average molecular weight is 279 g/mol. The number of carbonyl (C=O) groups is 1. The number of nitrogens with one attached hydrogen (secondary N) is 1.